The molecular weight excluding hydrogens is 434 g/mol. The molecule has 42 valence electrons. The third-order valence-corrected chi connectivity index (χ3v) is 0. The average Bonchev–Trinajstić information content (AvgIpc) is 0.811. The van der Waals surface area contributed by atoms with E-state index >= 15 is 0 Å². The Labute approximate surface area is 81.7 Å². The zero-order chi connectivity index (χ0) is 3.58. The van der Waals surface area contributed by atoms with Crippen LogP contribution in [-0.4, -0.2) is 0 Å². The molecule has 0 bridgehead atoms. The van der Waals surface area contributed by atoms with E-state index in [-0.39, 0.29) is 37.7 Å². The second-order valence-electron chi connectivity index (χ2n) is 0.136. The zero-order valence-corrected chi connectivity index (χ0v) is 7.98. The van der Waals surface area contributed by atoms with Gasteiger partial charge in [-0.25, -0.2) is 0 Å². The van der Waals surface area contributed by atoms with E-state index in [1.807, 2.05) is 0 Å². The maximum absolute atomic E-state index is 4.96. The normalized spacial score (nSPS) is 9.00. The Morgan fingerprint density at radius 3 is 1.00 bits per heavy atom. The van der Waals surface area contributed by atoms with Gasteiger partial charge in [0.15, 0.2) is 0 Å². The third kappa shape index (κ3) is 18.7. The molecule has 0 saturated heterocycles. The summed E-state index contributed by atoms with van der Waals surface area (Å²) in [7, 11) is 0. The number of hydrogen-bond donors (Lipinski definition) is 0. The van der Waals surface area contributed by atoms with E-state index in [4.69, 9.17) is 18.9 Å². The molecule has 5 heavy (non-hydrogen) atoms. The van der Waals surface area contributed by atoms with Crippen LogP contribution in [0.5, 0.6) is 0 Å². The molecule has 0 aliphatic heterocycles. The molecule has 0 aliphatic rings. The maximum atomic E-state index is 4.96. The Bertz CT molecular complexity index is 11.6. The molecule has 1 radical (unpaired) electrons. The molecule has 0 unspecified atom stereocenters. The van der Waals surface area contributed by atoms with Gasteiger partial charge in [-0.1, -0.05) is 0 Å². The van der Waals surface area contributed by atoms with Crippen molar-refractivity contribution in [3.63, 3.8) is 0 Å². The summed E-state index contributed by atoms with van der Waals surface area (Å²) in [6.07, 6.45) is 14.9. The molecule has 0 rings (SSSR count). The molecule has 0 heterocycles. The van der Waals surface area contributed by atoms with Crippen LogP contribution >= 0.6 is 18.9 Å². The van der Waals surface area contributed by atoms with Crippen LogP contribution in [0.25, 0.3) is 0 Å². The summed E-state index contributed by atoms with van der Waals surface area (Å²) < 4.78 is 0. The van der Waals surface area contributed by atoms with Crippen LogP contribution in [0.2, 0.25) is 0 Å². The van der Waals surface area contributed by atoms with Gasteiger partial charge in [-0.05, 0) is 0 Å². The van der Waals surface area contributed by atoms with Crippen molar-refractivity contribution in [3.05, 3.63) is 0 Å². The molecule has 0 atom stereocenters. The summed E-state index contributed by atoms with van der Waals surface area (Å²) in [4.78, 5) is 0. The fourth-order valence-electron chi connectivity index (χ4n) is 0. The topological polar surface area (TPSA) is 0 Å². The smallest absolute Gasteiger partial charge is 0 e. The van der Waals surface area contributed by atoms with Crippen molar-refractivity contribution >= 4 is 18.9 Å². The second kappa shape index (κ2) is 7.40. The van der Waals surface area contributed by atoms with Gasteiger partial charge in [-0.15, -0.1) is 0 Å². The van der Waals surface area contributed by atoms with Crippen molar-refractivity contribution in [1.82, 2.24) is 0 Å². The van der Waals surface area contributed by atoms with Crippen molar-refractivity contribution in [1.29, 1.82) is 0 Å². The quantitative estimate of drug-likeness (QED) is 0.513. The first kappa shape index (κ1) is 11.2. The van der Waals surface area contributed by atoms with E-state index in [1.54, 1.807) is 0 Å². The minimum atomic E-state index is -1.85. The van der Waals surface area contributed by atoms with Crippen LogP contribution in [0.15, 0.2) is 0 Å². The molecule has 0 aromatic heterocycles. The Morgan fingerprint density at radius 1 is 1.00 bits per heavy atom. The number of rotatable bonds is 0. The molecule has 0 aromatic rings. The van der Waals surface area contributed by atoms with Gasteiger partial charge in [0.2, 0.25) is 0 Å². The first-order chi connectivity index (χ1) is 1.73. The van der Waals surface area contributed by atoms with Crippen molar-refractivity contribution in [2.24, 2.45) is 0 Å². The fourth-order valence-corrected chi connectivity index (χ4v) is 0. The Kier molecular flexibility index (Phi) is 16.6. The van der Waals surface area contributed by atoms with Gasteiger partial charge in [0.1, 0.15) is 0 Å². The predicted octanol–water partition coefficient (Wildman–Crippen LogP) is 2.07. The molecule has 0 aliphatic carbocycles. The largest absolute Gasteiger partial charge is 0 e. The molecular formula is Cl3DyHo. The molecule has 0 N–H and O–H groups in total. The van der Waals surface area contributed by atoms with Gasteiger partial charge in [-0.2, -0.15) is 0 Å². The monoisotopic (exact) mass is 434 g/mol. The minimum Gasteiger partial charge on any atom is 0 e. The summed E-state index contributed by atoms with van der Waals surface area (Å²) in [6.45, 7) is 0. The summed E-state index contributed by atoms with van der Waals surface area (Å²) >= 11 is -1.85. The number of halogens is 3. The van der Waals surface area contributed by atoms with E-state index in [2.05, 4.69) is 0 Å². The van der Waals surface area contributed by atoms with Crippen LogP contribution in [0.4, 0.5) is 0 Å². The Morgan fingerprint density at radius 2 is 1.00 bits per heavy atom. The third-order valence-electron chi connectivity index (χ3n) is 0. The van der Waals surface area contributed by atoms with Gasteiger partial charge < -0.3 is 0 Å². The van der Waals surface area contributed by atoms with E-state index < -0.39 is 27.7 Å². The number of hydrogen-bond acceptors (Lipinski definition) is 0. The summed E-state index contributed by atoms with van der Waals surface area (Å²) in [6, 6.07) is 0. The maximum Gasteiger partial charge on any atom is 0 e. The Hall–Kier alpha value is 3.40. The molecule has 0 fully saturated rings. The van der Waals surface area contributed by atoms with Crippen LogP contribution < -0.4 is 0 Å². The fraction of sp³-hybridized carbons (Fsp3) is 0. The minimum absolute atomic E-state index is 0. The van der Waals surface area contributed by atoms with Crippen LogP contribution in [-0.2, 0) is 0 Å². The second-order valence-corrected chi connectivity index (χ2v) is 9.05. The molecule has 0 aromatic carbocycles. The van der Waals surface area contributed by atoms with Crippen molar-refractivity contribution in [3.8, 4) is 0 Å². The van der Waals surface area contributed by atoms with Crippen LogP contribution in [0.1, 0.15) is 0 Å². The van der Waals surface area contributed by atoms with E-state index in [9.17, 15) is 0 Å². The molecule has 0 amide bonds. The molecule has 5 heteroatoms. The van der Waals surface area contributed by atoms with Crippen LogP contribution in [0.3, 0.4) is 0 Å². The van der Waals surface area contributed by atoms with Gasteiger partial charge in [0.25, 0.3) is 0 Å². The standard InChI is InChI=1S/3ClH.Dy.Ho/h3*1H;;/q;;;+3;/p-3. The van der Waals surface area contributed by atoms with E-state index in [0.717, 1.165) is 0 Å². The van der Waals surface area contributed by atoms with Gasteiger partial charge >= 0.3 is 46.7 Å². The molecule has 0 saturated carbocycles. The Balaban J connectivity index is 0. The average molecular weight is 434 g/mol. The van der Waals surface area contributed by atoms with E-state index in [0.29, 0.717) is 0 Å². The van der Waals surface area contributed by atoms with E-state index in [1.165, 1.54) is 0 Å². The first-order valence-electron chi connectivity index (χ1n) is 0.359. The van der Waals surface area contributed by atoms with Crippen molar-refractivity contribution < 1.29 is 65.5 Å². The van der Waals surface area contributed by atoms with Crippen molar-refractivity contribution in [2.45, 2.75) is 0 Å². The summed E-state index contributed by atoms with van der Waals surface area (Å²) in [5.74, 6) is 0. The summed E-state index contributed by atoms with van der Waals surface area (Å²) in [5, 5.41) is 0. The summed E-state index contributed by atoms with van der Waals surface area (Å²) in [5.41, 5.74) is 0. The SMILES string of the molecule is [Cl][Dy]([Cl])[Cl].[Ho]. The zero-order valence-electron chi connectivity index (χ0n) is 1.75. The van der Waals surface area contributed by atoms with Gasteiger partial charge in [0.05, 0.1) is 0 Å². The molecule has 0 nitrogen and oxygen atoms in total. The van der Waals surface area contributed by atoms with Gasteiger partial charge in [0, 0.05) is 37.7 Å². The van der Waals surface area contributed by atoms with Crippen LogP contribution in [0, 0.1) is 65.5 Å². The molecule has 0 spiro atoms. The predicted molar refractivity (Wildman–Crippen MR) is 17.6 cm³/mol. The first-order valence-corrected chi connectivity index (χ1v) is 7.98. The van der Waals surface area contributed by atoms with Gasteiger partial charge in [-0.3, -0.25) is 0 Å². The van der Waals surface area contributed by atoms with Crippen molar-refractivity contribution in [2.75, 3.05) is 0 Å².